The van der Waals surface area contributed by atoms with Gasteiger partial charge in [0, 0.05) is 19.2 Å². The van der Waals surface area contributed by atoms with Crippen LogP contribution in [0.3, 0.4) is 0 Å². The fourth-order valence-electron chi connectivity index (χ4n) is 3.16. The van der Waals surface area contributed by atoms with E-state index in [2.05, 4.69) is 25.6 Å². The van der Waals surface area contributed by atoms with Gasteiger partial charge < -0.3 is 10.2 Å². The highest BCUT2D eigenvalue weighted by Gasteiger charge is 2.27. The molecule has 0 radical (unpaired) electrons. The second-order valence-corrected chi connectivity index (χ2v) is 6.49. The molecule has 2 aromatic heterocycles. The molecule has 28 heavy (non-hydrogen) atoms. The van der Waals surface area contributed by atoms with E-state index in [9.17, 15) is 13.6 Å². The second-order valence-electron chi connectivity index (χ2n) is 6.49. The van der Waals surface area contributed by atoms with Crippen LogP contribution in [0.4, 0.5) is 20.3 Å². The first-order chi connectivity index (χ1) is 13.6. The Labute approximate surface area is 159 Å². The van der Waals surface area contributed by atoms with Crippen LogP contribution >= 0.6 is 0 Å². The van der Waals surface area contributed by atoms with E-state index in [-0.39, 0.29) is 17.5 Å². The van der Waals surface area contributed by atoms with Crippen LogP contribution in [0.1, 0.15) is 12.8 Å². The molecule has 1 atom stereocenters. The monoisotopic (exact) mass is 385 g/mol. The Morgan fingerprint density at radius 3 is 2.71 bits per heavy atom. The Kier molecular flexibility index (Phi) is 4.92. The maximum Gasteiger partial charge on any atom is 0.229 e. The normalized spacial score (nSPS) is 16.8. The van der Waals surface area contributed by atoms with E-state index in [1.54, 1.807) is 12.1 Å². The van der Waals surface area contributed by atoms with Gasteiger partial charge in [-0.25, -0.2) is 18.4 Å². The van der Waals surface area contributed by atoms with E-state index in [1.807, 2.05) is 4.90 Å². The summed E-state index contributed by atoms with van der Waals surface area (Å²) in [4.78, 5) is 18.4. The van der Waals surface area contributed by atoms with Crippen molar-refractivity contribution in [1.82, 2.24) is 25.0 Å². The molecule has 1 N–H and O–H groups in total. The SMILES string of the molecule is O=C(Nc1cc(F)ccc1F)[C@@H]1CCCN(c2ccc(-n3cncn3)nn2)C1. The van der Waals surface area contributed by atoms with Crippen molar-refractivity contribution in [3.05, 3.63) is 54.6 Å². The van der Waals surface area contributed by atoms with Crippen LogP contribution < -0.4 is 10.2 Å². The molecule has 4 rings (SSSR count). The number of hydrogen-bond acceptors (Lipinski definition) is 6. The molecular formula is C18H17F2N7O. The van der Waals surface area contributed by atoms with Crippen LogP contribution in [0.5, 0.6) is 0 Å². The molecule has 3 aromatic rings. The topological polar surface area (TPSA) is 88.8 Å². The minimum Gasteiger partial charge on any atom is -0.354 e. The molecular weight excluding hydrogens is 368 g/mol. The average Bonchev–Trinajstić information content (AvgIpc) is 3.26. The smallest absolute Gasteiger partial charge is 0.229 e. The van der Waals surface area contributed by atoms with Crippen molar-refractivity contribution in [2.45, 2.75) is 12.8 Å². The summed E-state index contributed by atoms with van der Waals surface area (Å²) in [5.74, 6) is -0.816. The molecule has 8 nitrogen and oxygen atoms in total. The molecule has 0 aliphatic carbocycles. The molecule has 0 bridgehead atoms. The second kappa shape index (κ2) is 7.67. The molecule has 1 aliphatic rings. The Bertz CT molecular complexity index is 963. The number of piperidine rings is 1. The number of hydrogen-bond donors (Lipinski definition) is 1. The summed E-state index contributed by atoms with van der Waals surface area (Å²) in [6.07, 6.45) is 4.36. The van der Waals surface area contributed by atoms with Gasteiger partial charge in [0.25, 0.3) is 0 Å². The molecule has 1 saturated heterocycles. The molecule has 10 heteroatoms. The average molecular weight is 385 g/mol. The molecule has 1 aliphatic heterocycles. The van der Waals surface area contributed by atoms with Crippen molar-refractivity contribution in [2.24, 2.45) is 5.92 Å². The Morgan fingerprint density at radius 1 is 1.14 bits per heavy atom. The fourth-order valence-corrected chi connectivity index (χ4v) is 3.16. The zero-order valence-corrected chi connectivity index (χ0v) is 14.8. The number of carbonyl (C=O) groups excluding carboxylic acids is 1. The maximum absolute atomic E-state index is 13.8. The van der Waals surface area contributed by atoms with E-state index in [4.69, 9.17) is 0 Å². The predicted octanol–water partition coefficient (Wildman–Crippen LogP) is 2.19. The Balaban J connectivity index is 1.44. The standard InChI is InChI=1S/C18H17F2N7O/c19-13-3-4-14(20)15(8-13)23-18(28)12-2-1-7-26(9-12)16-5-6-17(25-24-16)27-11-21-10-22-27/h3-6,8,10-12H,1-2,7,9H2,(H,23,28)/t12-/m1/s1. The summed E-state index contributed by atoms with van der Waals surface area (Å²) in [6, 6.07) is 6.54. The van der Waals surface area contributed by atoms with Crippen LogP contribution in [0, 0.1) is 17.6 Å². The first-order valence-electron chi connectivity index (χ1n) is 8.80. The number of carbonyl (C=O) groups is 1. The van der Waals surface area contributed by atoms with Crippen molar-refractivity contribution < 1.29 is 13.6 Å². The summed E-state index contributed by atoms with van der Waals surface area (Å²) in [5, 5.41) is 14.8. The lowest BCUT2D eigenvalue weighted by molar-refractivity contribution is -0.120. The van der Waals surface area contributed by atoms with Crippen LogP contribution in [0.25, 0.3) is 5.82 Å². The van der Waals surface area contributed by atoms with Gasteiger partial charge >= 0.3 is 0 Å². The minimum atomic E-state index is -0.669. The molecule has 1 fully saturated rings. The molecule has 1 aromatic carbocycles. The summed E-state index contributed by atoms with van der Waals surface area (Å²) in [6.45, 7) is 1.15. The van der Waals surface area contributed by atoms with E-state index < -0.39 is 11.6 Å². The number of aromatic nitrogens is 5. The summed E-state index contributed by atoms with van der Waals surface area (Å²) < 4.78 is 28.6. The van der Waals surface area contributed by atoms with Gasteiger partial charge in [0.05, 0.1) is 11.6 Å². The molecule has 0 spiro atoms. The quantitative estimate of drug-likeness (QED) is 0.741. The van der Waals surface area contributed by atoms with Gasteiger partial charge in [-0.3, -0.25) is 4.79 Å². The number of halogens is 2. The largest absolute Gasteiger partial charge is 0.354 e. The third-order valence-corrected chi connectivity index (χ3v) is 4.59. The van der Waals surface area contributed by atoms with Gasteiger partial charge in [-0.2, -0.15) is 5.10 Å². The molecule has 0 saturated carbocycles. The van der Waals surface area contributed by atoms with Gasteiger partial charge in [0.1, 0.15) is 24.3 Å². The van der Waals surface area contributed by atoms with E-state index >= 15 is 0 Å². The van der Waals surface area contributed by atoms with Crippen LogP contribution in [-0.4, -0.2) is 44.0 Å². The van der Waals surface area contributed by atoms with Gasteiger partial charge in [-0.05, 0) is 37.1 Å². The Morgan fingerprint density at radius 2 is 1.96 bits per heavy atom. The molecule has 3 heterocycles. The third-order valence-electron chi connectivity index (χ3n) is 4.59. The first kappa shape index (κ1) is 18.0. The lowest BCUT2D eigenvalue weighted by Crippen LogP contribution is -2.41. The van der Waals surface area contributed by atoms with E-state index in [1.165, 1.54) is 17.3 Å². The zero-order chi connectivity index (χ0) is 19.5. The molecule has 1 amide bonds. The number of nitrogens with zero attached hydrogens (tertiary/aromatic N) is 6. The van der Waals surface area contributed by atoms with Gasteiger partial charge in [-0.15, -0.1) is 10.2 Å². The lowest BCUT2D eigenvalue weighted by Gasteiger charge is -2.32. The van der Waals surface area contributed by atoms with Crippen molar-refractivity contribution >= 4 is 17.4 Å². The van der Waals surface area contributed by atoms with Crippen molar-refractivity contribution in [3.63, 3.8) is 0 Å². The fraction of sp³-hybridized carbons (Fsp3) is 0.278. The van der Waals surface area contributed by atoms with Gasteiger partial charge in [-0.1, -0.05) is 0 Å². The third kappa shape index (κ3) is 3.80. The molecule has 0 unspecified atom stereocenters. The summed E-state index contributed by atoms with van der Waals surface area (Å²) >= 11 is 0. The number of nitrogens with one attached hydrogen (secondary N) is 1. The highest BCUT2D eigenvalue weighted by atomic mass is 19.1. The number of rotatable bonds is 4. The van der Waals surface area contributed by atoms with Crippen molar-refractivity contribution in [3.8, 4) is 5.82 Å². The number of amides is 1. The van der Waals surface area contributed by atoms with Crippen molar-refractivity contribution in [1.29, 1.82) is 0 Å². The molecule has 144 valence electrons. The Hall–Kier alpha value is -3.43. The van der Waals surface area contributed by atoms with Gasteiger partial charge in [0.2, 0.25) is 5.91 Å². The summed E-state index contributed by atoms with van der Waals surface area (Å²) in [5.41, 5.74) is -0.154. The van der Waals surface area contributed by atoms with E-state index in [0.29, 0.717) is 24.6 Å². The van der Waals surface area contributed by atoms with E-state index in [0.717, 1.165) is 31.2 Å². The van der Waals surface area contributed by atoms with Crippen LogP contribution in [-0.2, 0) is 4.79 Å². The maximum atomic E-state index is 13.8. The minimum absolute atomic E-state index is 0.154. The number of benzene rings is 1. The highest BCUT2D eigenvalue weighted by Crippen LogP contribution is 2.24. The van der Waals surface area contributed by atoms with Crippen LogP contribution in [0.15, 0.2) is 43.0 Å². The predicted molar refractivity (Wildman–Crippen MR) is 96.9 cm³/mol. The van der Waals surface area contributed by atoms with Crippen LogP contribution in [0.2, 0.25) is 0 Å². The first-order valence-corrected chi connectivity index (χ1v) is 8.80. The zero-order valence-electron chi connectivity index (χ0n) is 14.8. The summed E-state index contributed by atoms with van der Waals surface area (Å²) in [7, 11) is 0. The van der Waals surface area contributed by atoms with Crippen molar-refractivity contribution in [2.75, 3.05) is 23.3 Å². The number of anilines is 2. The highest BCUT2D eigenvalue weighted by molar-refractivity contribution is 5.93. The van der Waals surface area contributed by atoms with Gasteiger partial charge in [0.15, 0.2) is 11.6 Å². The lowest BCUT2D eigenvalue weighted by atomic mass is 9.97.